The fraction of sp³-hybridized carbons (Fsp3) is 0.381. The molecule has 0 bridgehead atoms. The maximum atomic E-state index is 12.5. The van der Waals surface area contributed by atoms with Crippen LogP contribution in [0.15, 0.2) is 47.4 Å². The molecule has 7 nitrogen and oxygen atoms in total. The molecule has 2 rings (SSSR count). The van der Waals surface area contributed by atoms with Crippen LogP contribution >= 0.6 is 0 Å². The number of ether oxygens (including phenoxy) is 3. The molecule has 0 atom stereocenters. The van der Waals surface area contributed by atoms with Crippen LogP contribution in [0.2, 0.25) is 0 Å². The van der Waals surface area contributed by atoms with Gasteiger partial charge in [-0.15, -0.1) is 0 Å². The van der Waals surface area contributed by atoms with Gasteiger partial charge < -0.3 is 19.1 Å². The number of carbonyl (C=O) groups excluding carboxylic acids is 1. The van der Waals surface area contributed by atoms with Crippen molar-refractivity contribution < 1.29 is 36.2 Å². The molecule has 170 valence electrons. The predicted octanol–water partition coefficient (Wildman–Crippen LogP) is 3.52. The van der Waals surface area contributed by atoms with Crippen LogP contribution in [0.4, 0.5) is 8.78 Å². The second-order valence-electron chi connectivity index (χ2n) is 6.81. The Kier molecular flexibility index (Phi) is 8.61. The number of amides is 1. The summed E-state index contributed by atoms with van der Waals surface area (Å²) in [7, 11) is -0.294. The molecule has 0 aliphatic rings. The first-order valence-electron chi connectivity index (χ1n) is 9.38. The van der Waals surface area contributed by atoms with E-state index in [-0.39, 0.29) is 41.9 Å². The van der Waals surface area contributed by atoms with Crippen LogP contribution in [-0.4, -0.2) is 52.9 Å². The van der Waals surface area contributed by atoms with E-state index in [1.54, 1.807) is 25.2 Å². The van der Waals surface area contributed by atoms with Crippen molar-refractivity contribution in [2.75, 3.05) is 27.0 Å². The smallest absolute Gasteiger partial charge is 0.387 e. The molecule has 0 heterocycles. The lowest BCUT2D eigenvalue weighted by Gasteiger charge is -2.18. The van der Waals surface area contributed by atoms with Crippen molar-refractivity contribution in [2.45, 2.75) is 30.9 Å². The van der Waals surface area contributed by atoms with Crippen molar-refractivity contribution in [1.29, 1.82) is 0 Å². The normalized spacial score (nSPS) is 11.3. The average molecular weight is 457 g/mol. The molecule has 31 heavy (non-hydrogen) atoms. The van der Waals surface area contributed by atoms with Crippen LogP contribution in [0.3, 0.4) is 0 Å². The highest BCUT2D eigenvalue weighted by Crippen LogP contribution is 2.30. The molecule has 0 aromatic heterocycles. The molecule has 0 aliphatic carbocycles. The number of halogens is 2. The molecule has 1 amide bonds. The van der Waals surface area contributed by atoms with Gasteiger partial charge in [-0.2, -0.15) is 8.78 Å². The number of carbonyl (C=O) groups is 1. The van der Waals surface area contributed by atoms with Crippen molar-refractivity contribution >= 4 is 15.7 Å². The lowest BCUT2D eigenvalue weighted by Crippen LogP contribution is -2.26. The van der Waals surface area contributed by atoms with E-state index in [0.717, 1.165) is 6.26 Å². The third-order valence-electron chi connectivity index (χ3n) is 4.35. The van der Waals surface area contributed by atoms with Gasteiger partial charge in [-0.1, -0.05) is 6.07 Å². The molecule has 0 fully saturated rings. The van der Waals surface area contributed by atoms with E-state index in [0.29, 0.717) is 17.7 Å². The van der Waals surface area contributed by atoms with Gasteiger partial charge in [0, 0.05) is 26.3 Å². The first-order chi connectivity index (χ1) is 14.6. The number of hydrogen-bond donors (Lipinski definition) is 0. The SMILES string of the molecule is COc1ccc(CN(C)C(=O)CCCOc2ccc(S(C)(=O)=O)cc2)cc1OC(F)F. The van der Waals surface area contributed by atoms with Crippen molar-refractivity contribution in [3.05, 3.63) is 48.0 Å². The highest BCUT2D eigenvalue weighted by Gasteiger charge is 2.14. The highest BCUT2D eigenvalue weighted by molar-refractivity contribution is 7.90. The second kappa shape index (κ2) is 10.9. The summed E-state index contributed by atoms with van der Waals surface area (Å²) in [5.41, 5.74) is 0.620. The van der Waals surface area contributed by atoms with Crippen molar-refractivity contribution in [2.24, 2.45) is 0 Å². The van der Waals surface area contributed by atoms with Gasteiger partial charge >= 0.3 is 6.61 Å². The van der Waals surface area contributed by atoms with Gasteiger partial charge in [0.15, 0.2) is 21.3 Å². The fourth-order valence-corrected chi connectivity index (χ4v) is 3.39. The third kappa shape index (κ3) is 7.71. The van der Waals surface area contributed by atoms with E-state index in [2.05, 4.69) is 4.74 Å². The molecule has 2 aromatic rings. The molecule has 0 saturated carbocycles. The lowest BCUT2D eigenvalue weighted by molar-refractivity contribution is -0.130. The topological polar surface area (TPSA) is 82.1 Å². The Hall–Kier alpha value is -2.88. The van der Waals surface area contributed by atoms with Crippen molar-refractivity contribution in [3.63, 3.8) is 0 Å². The summed E-state index contributed by atoms with van der Waals surface area (Å²) in [5, 5.41) is 0. The summed E-state index contributed by atoms with van der Waals surface area (Å²) < 4.78 is 63.0. The minimum absolute atomic E-state index is 0.0915. The number of alkyl halides is 2. The first kappa shape index (κ1) is 24.4. The Labute approximate surface area is 180 Å². The minimum atomic E-state index is -3.26. The summed E-state index contributed by atoms with van der Waals surface area (Å²) in [5.74, 6) is 0.465. The molecule has 0 N–H and O–H groups in total. The summed E-state index contributed by atoms with van der Waals surface area (Å²) >= 11 is 0. The van der Waals surface area contributed by atoms with Crippen LogP contribution in [0.25, 0.3) is 0 Å². The number of sulfone groups is 1. The Bertz CT molecular complexity index is 980. The molecule has 0 unspecified atom stereocenters. The zero-order chi connectivity index (χ0) is 23.0. The number of benzene rings is 2. The van der Waals surface area contributed by atoms with Gasteiger partial charge in [0.05, 0.1) is 18.6 Å². The highest BCUT2D eigenvalue weighted by atomic mass is 32.2. The first-order valence-corrected chi connectivity index (χ1v) is 11.3. The van der Waals surface area contributed by atoms with Crippen molar-refractivity contribution in [1.82, 2.24) is 4.90 Å². The molecule has 2 aromatic carbocycles. The van der Waals surface area contributed by atoms with Crippen LogP contribution in [0.5, 0.6) is 17.2 Å². The third-order valence-corrected chi connectivity index (χ3v) is 5.47. The van der Waals surface area contributed by atoms with Gasteiger partial charge in [-0.3, -0.25) is 4.79 Å². The lowest BCUT2D eigenvalue weighted by atomic mass is 10.2. The molecule has 10 heteroatoms. The van der Waals surface area contributed by atoms with Crippen LogP contribution in [0, 0.1) is 0 Å². The summed E-state index contributed by atoms with van der Waals surface area (Å²) in [6.45, 7) is -2.48. The summed E-state index contributed by atoms with van der Waals surface area (Å²) in [6, 6.07) is 10.6. The van der Waals surface area contributed by atoms with Crippen LogP contribution in [0.1, 0.15) is 18.4 Å². The second-order valence-corrected chi connectivity index (χ2v) is 8.82. The van der Waals surface area contributed by atoms with E-state index in [9.17, 15) is 22.0 Å². The van der Waals surface area contributed by atoms with Gasteiger partial charge in [0.25, 0.3) is 0 Å². The van der Waals surface area contributed by atoms with Gasteiger partial charge in [-0.25, -0.2) is 8.42 Å². The quantitative estimate of drug-likeness (QED) is 0.480. The largest absolute Gasteiger partial charge is 0.494 e. The summed E-state index contributed by atoms with van der Waals surface area (Å²) in [4.78, 5) is 14.0. The van der Waals surface area contributed by atoms with E-state index in [1.165, 1.54) is 36.3 Å². The van der Waals surface area contributed by atoms with E-state index in [4.69, 9.17) is 9.47 Å². The average Bonchev–Trinajstić information content (AvgIpc) is 2.70. The van der Waals surface area contributed by atoms with Crippen LogP contribution < -0.4 is 14.2 Å². The molecule has 0 aliphatic heterocycles. The van der Waals surface area contributed by atoms with E-state index in [1.807, 2.05) is 0 Å². The van der Waals surface area contributed by atoms with Gasteiger partial charge in [-0.05, 0) is 48.4 Å². The Morgan fingerprint density at radius 2 is 1.77 bits per heavy atom. The molecular weight excluding hydrogens is 432 g/mol. The Morgan fingerprint density at radius 3 is 2.35 bits per heavy atom. The van der Waals surface area contributed by atoms with E-state index < -0.39 is 16.4 Å². The minimum Gasteiger partial charge on any atom is -0.494 e. The van der Waals surface area contributed by atoms with Gasteiger partial charge in [0.2, 0.25) is 5.91 Å². The molecule has 0 radical (unpaired) electrons. The number of hydrogen-bond acceptors (Lipinski definition) is 6. The monoisotopic (exact) mass is 457 g/mol. The fourth-order valence-electron chi connectivity index (χ4n) is 2.76. The zero-order valence-corrected chi connectivity index (χ0v) is 18.3. The number of methoxy groups -OCH3 is 1. The zero-order valence-electron chi connectivity index (χ0n) is 17.5. The summed E-state index contributed by atoms with van der Waals surface area (Å²) in [6.07, 6.45) is 1.82. The Morgan fingerprint density at radius 1 is 1.10 bits per heavy atom. The Balaban J connectivity index is 1.82. The number of rotatable bonds is 11. The standard InChI is InChI=1S/C21H25F2NO6S/c1-24(14-15-6-11-18(28-2)19(13-15)30-21(22)23)20(25)5-4-12-29-16-7-9-17(10-8-16)31(3,26)27/h6-11,13,21H,4-5,12,14H2,1-3H3. The maximum Gasteiger partial charge on any atom is 0.387 e. The number of nitrogens with zero attached hydrogens (tertiary/aromatic N) is 1. The van der Waals surface area contributed by atoms with Crippen LogP contribution in [-0.2, 0) is 21.2 Å². The molecular formula is C21H25F2NO6S. The van der Waals surface area contributed by atoms with Crippen molar-refractivity contribution in [3.8, 4) is 17.2 Å². The van der Waals surface area contributed by atoms with Gasteiger partial charge in [0.1, 0.15) is 5.75 Å². The van der Waals surface area contributed by atoms with E-state index >= 15 is 0 Å². The molecule has 0 saturated heterocycles. The predicted molar refractivity (Wildman–Crippen MR) is 110 cm³/mol. The molecule has 0 spiro atoms. The maximum absolute atomic E-state index is 12.5.